The Kier molecular flexibility index (Phi) is 5.70. The van der Waals surface area contributed by atoms with Crippen LogP contribution in [0.4, 0.5) is 0 Å². The molecular formula is C15H21NO4. The zero-order valence-electron chi connectivity index (χ0n) is 12.1. The number of carbonyl (C=O) groups is 2. The molecule has 0 spiro atoms. The number of ether oxygens (including phenoxy) is 1. The molecule has 0 saturated carbocycles. The molecule has 0 radical (unpaired) electrons. The Morgan fingerprint density at radius 2 is 1.95 bits per heavy atom. The third kappa shape index (κ3) is 4.66. The van der Waals surface area contributed by atoms with E-state index in [0.29, 0.717) is 0 Å². The molecule has 2 atom stereocenters. The Hall–Kier alpha value is -1.88. The van der Waals surface area contributed by atoms with E-state index in [1.165, 1.54) is 7.11 Å². The third-order valence-corrected chi connectivity index (χ3v) is 3.12. The molecule has 0 heterocycles. The number of carbonyl (C=O) groups excluding carboxylic acids is 1. The van der Waals surface area contributed by atoms with E-state index < -0.39 is 11.5 Å². The van der Waals surface area contributed by atoms with Crippen LogP contribution in [0.2, 0.25) is 0 Å². The van der Waals surface area contributed by atoms with Crippen LogP contribution in [0.25, 0.3) is 0 Å². The van der Waals surface area contributed by atoms with Gasteiger partial charge < -0.3 is 15.2 Å². The molecule has 5 nitrogen and oxygen atoms in total. The van der Waals surface area contributed by atoms with Gasteiger partial charge in [0.25, 0.3) is 0 Å². The smallest absolute Gasteiger partial charge is 0.305 e. The first-order valence-electron chi connectivity index (χ1n) is 6.45. The van der Waals surface area contributed by atoms with Crippen molar-refractivity contribution in [1.29, 1.82) is 0 Å². The summed E-state index contributed by atoms with van der Waals surface area (Å²) < 4.78 is 5.02. The van der Waals surface area contributed by atoms with Gasteiger partial charge >= 0.3 is 5.97 Å². The van der Waals surface area contributed by atoms with Crippen molar-refractivity contribution in [1.82, 2.24) is 5.32 Å². The van der Waals surface area contributed by atoms with E-state index in [4.69, 9.17) is 9.84 Å². The molecule has 1 aromatic carbocycles. The van der Waals surface area contributed by atoms with Crippen LogP contribution in [0.15, 0.2) is 30.3 Å². The molecule has 0 aromatic heterocycles. The molecule has 1 unspecified atom stereocenters. The first-order chi connectivity index (χ1) is 9.38. The van der Waals surface area contributed by atoms with Gasteiger partial charge in [0.15, 0.2) is 0 Å². The SMILES string of the molecule is COCC(C)(CC(=O)O)NC(=O)[C@@H](C)c1ccccc1. The number of hydrogen-bond acceptors (Lipinski definition) is 3. The van der Waals surface area contributed by atoms with Gasteiger partial charge in [-0.25, -0.2) is 0 Å². The van der Waals surface area contributed by atoms with Crippen molar-refractivity contribution in [3.05, 3.63) is 35.9 Å². The number of carboxylic acid groups (broad SMARTS) is 1. The van der Waals surface area contributed by atoms with Gasteiger partial charge in [0, 0.05) is 7.11 Å². The monoisotopic (exact) mass is 279 g/mol. The van der Waals surface area contributed by atoms with E-state index in [9.17, 15) is 9.59 Å². The molecule has 1 amide bonds. The summed E-state index contributed by atoms with van der Waals surface area (Å²) in [5.74, 6) is -1.53. The summed E-state index contributed by atoms with van der Waals surface area (Å²) in [6.07, 6.45) is -0.186. The second-order valence-corrected chi connectivity index (χ2v) is 5.19. The number of amides is 1. The summed E-state index contributed by atoms with van der Waals surface area (Å²) in [5.41, 5.74) is -0.0270. The summed E-state index contributed by atoms with van der Waals surface area (Å²) in [6, 6.07) is 9.35. The highest BCUT2D eigenvalue weighted by atomic mass is 16.5. The van der Waals surface area contributed by atoms with E-state index in [1.54, 1.807) is 13.8 Å². The number of rotatable bonds is 7. The van der Waals surface area contributed by atoms with Gasteiger partial charge in [-0.3, -0.25) is 9.59 Å². The largest absolute Gasteiger partial charge is 0.481 e. The predicted octanol–water partition coefficient (Wildman–Crippen LogP) is 1.79. The van der Waals surface area contributed by atoms with Crippen molar-refractivity contribution in [2.75, 3.05) is 13.7 Å². The predicted molar refractivity (Wildman–Crippen MR) is 75.5 cm³/mol. The van der Waals surface area contributed by atoms with E-state index in [0.717, 1.165) is 5.56 Å². The Morgan fingerprint density at radius 1 is 1.35 bits per heavy atom. The Balaban J connectivity index is 2.78. The summed E-state index contributed by atoms with van der Waals surface area (Å²) in [4.78, 5) is 23.2. The van der Waals surface area contributed by atoms with Gasteiger partial charge in [-0.05, 0) is 19.4 Å². The first kappa shape index (κ1) is 16.2. The summed E-state index contributed by atoms with van der Waals surface area (Å²) in [6.45, 7) is 3.60. The maximum atomic E-state index is 12.3. The third-order valence-electron chi connectivity index (χ3n) is 3.12. The van der Waals surface area contributed by atoms with Crippen molar-refractivity contribution in [2.45, 2.75) is 31.7 Å². The van der Waals surface area contributed by atoms with E-state index in [2.05, 4.69) is 5.32 Å². The van der Waals surface area contributed by atoms with E-state index in [-0.39, 0.29) is 24.9 Å². The minimum Gasteiger partial charge on any atom is -0.481 e. The van der Waals surface area contributed by atoms with E-state index >= 15 is 0 Å². The van der Waals surface area contributed by atoms with Crippen molar-refractivity contribution >= 4 is 11.9 Å². The highest BCUT2D eigenvalue weighted by Crippen LogP contribution is 2.18. The highest BCUT2D eigenvalue weighted by molar-refractivity contribution is 5.84. The topological polar surface area (TPSA) is 75.6 Å². The van der Waals surface area contributed by atoms with Gasteiger partial charge in [-0.2, -0.15) is 0 Å². The second kappa shape index (κ2) is 7.05. The zero-order valence-corrected chi connectivity index (χ0v) is 12.1. The molecule has 2 N–H and O–H groups in total. The molecule has 5 heteroatoms. The first-order valence-corrected chi connectivity index (χ1v) is 6.45. The molecule has 0 aliphatic rings. The Labute approximate surface area is 118 Å². The number of hydrogen-bond donors (Lipinski definition) is 2. The maximum Gasteiger partial charge on any atom is 0.305 e. The van der Waals surface area contributed by atoms with Gasteiger partial charge in [0.2, 0.25) is 5.91 Å². The van der Waals surface area contributed by atoms with Crippen LogP contribution >= 0.6 is 0 Å². The van der Waals surface area contributed by atoms with Gasteiger partial charge in [0.1, 0.15) is 0 Å². The van der Waals surface area contributed by atoms with Crippen LogP contribution in [-0.2, 0) is 14.3 Å². The number of benzene rings is 1. The lowest BCUT2D eigenvalue weighted by Crippen LogP contribution is -2.51. The molecule has 0 aliphatic carbocycles. The molecule has 0 fully saturated rings. The molecule has 20 heavy (non-hydrogen) atoms. The average Bonchev–Trinajstić information content (AvgIpc) is 2.37. The normalized spacial score (nSPS) is 15.2. The molecule has 110 valence electrons. The van der Waals surface area contributed by atoms with Crippen LogP contribution in [0.5, 0.6) is 0 Å². The van der Waals surface area contributed by atoms with E-state index in [1.807, 2.05) is 30.3 Å². The molecular weight excluding hydrogens is 258 g/mol. The summed E-state index contributed by atoms with van der Waals surface area (Å²) in [5, 5.41) is 11.7. The van der Waals surface area contributed by atoms with Gasteiger partial charge in [-0.1, -0.05) is 30.3 Å². The number of aliphatic carboxylic acids is 1. The van der Waals surface area contributed by atoms with Crippen LogP contribution in [-0.4, -0.2) is 36.2 Å². The maximum absolute atomic E-state index is 12.3. The second-order valence-electron chi connectivity index (χ2n) is 5.19. The standard InChI is InChI=1S/C15H21NO4/c1-11(12-7-5-4-6-8-12)14(19)16-15(2,10-20-3)9-13(17)18/h4-8,11H,9-10H2,1-3H3,(H,16,19)(H,17,18)/t11-,15?/m0/s1. The quantitative estimate of drug-likeness (QED) is 0.798. The van der Waals surface area contributed by atoms with Crippen molar-refractivity contribution in [3.8, 4) is 0 Å². The highest BCUT2D eigenvalue weighted by Gasteiger charge is 2.31. The van der Waals surface area contributed by atoms with Crippen LogP contribution < -0.4 is 5.32 Å². The molecule has 1 rings (SSSR count). The Morgan fingerprint density at radius 3 is 2.45 bits per heavy atom. The molecule has 0 saturated heterocycles. The Bertz CT molecular complexity index is 460. The molecule has 0 aliphatic heterocycles. The number of carboxylic acids is 1. The zero-order chi connectivity index (χ0) is 15.2. The lowest BCUT2D eigenvalue weighted by Gasteiger charge is -2.30. The summed E-state index contributed by atoms with van der Waals surface area (Å²) >= 11 is 0. The minimum atomic E-state index is -0.975. The lowest BCUT2D eigenvalue weighted by atomic mass is 9.95. The van der Waals surface area contributed by atoms with Crippen LogP contribution in [0.1, 0.15) is 31.7 Å². The lowest BCUT2D eigenvalue weighted by molar-refractivity contribution is -0.139. The van der Waals surface area contributed by atoms with Gasteiger partial charge in [0.05, 0.1) is 24.5 Å². The van der Waals surface area contributed by atoms with Crippen LogP contribution in [0.3, 0.4) is 0 Å². The number of methoxy groups -OCH3 is 1. The minimum absolute atomic E-state index is 0.145. The molecule has 0 bridgehead atoms. The summed E-state index contributed by atoms with van der Waals surface area (Å²) in [7, 11) is 1.48. The van der Waals surface area contributed by atoms with Crippen LogP contribution in [0, 0.1) is 0 Å². The van der Waals surface area contributed by atoms with Crippen molar-refractivity contribution in [3.63, 3.8) is 0 Å². The number of nitrogens with one attached hydrogen (secondary N) is 1. The van der Waals surface area contributed by atoms with Crippen molar-refractivity contribution < 1.29 is 19.4 Å². The fourth-order valence-corrected chi connectivity index (χ4v) is 2.08. The van der Waals surface area contributed by atoms with Crippen molar-refractivity contribution in [2.24, 2.45) is 0 Å². The fraction of sp³-hybridized carbons (Fsp3) is 0.467. The van der Waals surface area contributed by atoms with Gasteiger partial charge in [-0.15, -0.1) is 0 Å². The molecule has 1 aromatic rings. The average molecular weight is 279 g/mol. The fourth-order valence-electron chi connectivity index (χ4n) is 2.08.